The molecule has 1 aromatic carbocycles. The number of carboxylic acids is 1. The Kier molecular flexibility index (Phi) is 8.40. The Morgan fingerprint density at radius 3 is 2.61 bits per heavy atom. The van der Waals surface area contributed by atoms with Crippen LogP contribution in [0.2, 0.25) is 5.02 Å². The van der Waals surface area contributed by atoms with E-state index in [0.29, 0.717) is 11.5 Å². The number of carbonyl (C=O) groups excluding carboxylic acids is 2. The standard InChI is InChI=1S/C24H23Cl3N2O4/c1-13-4-2-5-16(21(13)27)22(30)29-19(24(32)33)12-14-8-10-15(11-9-14)28-23(31)20-17(25)6-3-7-18(20)26/h2-10,15,17,19-20H,11-12H2,1H3,(H,28,31)(H,29,30)(H,32,33). The fourth-order valence-corrected chi connectivity index (χ4v) is 4.50. The molecule has 2 aliphatic carbocycles. The molecule has 0 spiro atoms. The second kappa shape index (κ2) is 11.1. The molecule has 3 N–H and O–H groups in total. The highest BCUT2D eigenvalue weighted by Gasteiger charge is 2.31. The van der Waals surface area contributed by atoms with Crippen molar-refractivity contribution in [3.8, 4) is 0 Å². The molecule has 0 saturated carbocycles. The van der Waals surface area contributed by atoms with Gasteiger partial charge in [-0.1, -0.05) is 65.7 Å². The van der Waals surface area contributed by atoms with Gasteiger partial charge in [0.25, 0.3) is 5.91 Å². The van der Waals surface area contributed by atoms with Crippen molar-refractivity contribution in [2.24, 2.45) is 5.92 Å². The summed E-state index contributed by atoms with van der Waals surface area (Å²) in [6.45, 7) is 1.77. The van der Waals surface area contributed by atoms with E-state index in [-0.39, 0.29) is 29.0 Å². The number of benzene rings is 1. The molecule has 33 heavy (non-hydrogen) atoms. The number of hydrogen-bond acceptors (Lipinski definition) is 3. The van der Waals surface area contributed by atoms with Gasteiger partial charge in [-0.15, -0.1) is 11.6 Å². The lowest BCUT2D eigenvalue weighted by atomic mass is 9.95. The summed E-state index contributed by atoms with van der Waals surface area (Å²) in [6, 6.07) is 3.59. The highest BCUT2D eigenvalue weighted by molar-refractivity contribution is 6.34. The van der Waals surface area contributed by atoms with E-state index in [9.17, 15) is 19.5 Å². The molecule has 1 aromatic rings. The molecular formula is C24H23Cl3N2O4. The van der Waals surface area contributed by atoms with Crippen LogP contribution in [-0.2, 0) is 9.59 Å². The number of aryl methyl sites for hydroxylation is 1. The average Bonchev–Trinajstić information content (AvgIpc) is 2.76. The van der Waals surface area contributed by atoms with Gasteiger partial charge in [0, 0.05) is 11.5 Å². The van der Waals surface area contributed by atoms with Crippen molar-refractivity contribution in [2.45, 2.75) is 37.2 Å². The fraction of sp³-hybridized carbons (Fsp3) is 0.292. The molecule has 0 aromatic heterocycles. The molecule has 4 unspecified atom stereocenters. The smallest absolute Gasteiger partial charge is 0.326 e. The Hall–Kier alpha value is -2.54. The normalized spacial score (nSPS) is 22.7. The minimum absolute atomic E-state index is 0.0907. The first-order valence-electron chi connectivity index (χ1n) is 10.3. The van der Waals surface area contributed by atoms with Crippen LogP contribution in [-0.4, -0.2) is 40.4 Å². The van der Waals surface area contributed by atoms with Crippen molar-refractivity contribution in [1.82, 2.24) is 10.6 Å². The Morgan fingerprint density at radius 2 is 1.97 bits per heavy atom. The first-order valence-corrected chi connectivity index (χ1v) is 11.5. The van der Waals surface area contributed by atoms with E-state index in [4.69, 9.17) is 34.8 Å². The van der Waals surface area contributed by atoms with E-state index in [0.717, 1.165) is 11.1 Å². The second-order valence-electron chi connectivity index (χ2n) is 7.85. The number of aliphatic carboxylic acids is 1. The summed E-state index contributed by atoms with van der Waals surface area (Å²) in [7, 11) is 0. The summed E-state index contributed by atoms with van der Waals surface area (Å²) < 4.78 is 0. The minimum atomic E-state index is -1.16. The zero-order valence-electron chi connectivity index (χ0n) is 17.7. The predicted octanol–water partition coefficient (Wildman–Crippen LogP) is 4.51. The zero-order chi connectivity index (χ0) is 24.1. The lowest BCUT2D eigenvalue weighted by Crippen LogP contribution is -2.42. The molecule has 0 fully saturated rings. The number of amides is 2. The predicted molar refractivity (Wildman–Crippen MR) is 130 cm³/mol. The van der Waals surface area contributed by atoms with Gasteiger partial charge < -0.3 is 15.7 Å². The highest BCUT2D eigenvalue weighted by atomic mass is 35.5. The third-order valence-corrected chi connectivity index (χ3v) is 6.69. The van der Waals surface area contributed by atoms with Crippen LogP contribution in [0.3, 0.4) is 0 Å². The summed E-state index contributed by atoms with van der Waals surface area (Å²) in [4.78, 5) is 36.9. The first kappa shape index (κ1) is 25.1. The Balaban J connectivity index is 1.59. The Labute approximate surface area is 207 Å². The summed E-state index contributed by atoms with van der Waals surface area (Å²) in [6.07, 6.45) is 11.0. The van der Waals surface area contributed by atoms with Crippen LogP contribution in [0, 0.1) is 12.8 Å². The molecule has 2 aliphatic rings. The molecule has 0 radical (unpaired) electrons. The van der Waals surface area contributed by atoms with E-state index in [1.54, 1.807) is 55.5 Å². The lowest BCUT2D eigenvalue weighted by Gasteiger charge is -2.25. The van der Waals surface area contributed by atoms with Crippen LogP contribution in [0.1, 0.15) is 28.8 Å². The number of carboxylic acid groups (broad SMARTS) is 1. The monoisotopic (exact) mass is 508 g/mol. The molecule has 0 saturated heterocycles. The van der Waals surface area contributed by atoms with Gasteiger partial charge in [-0.05, 0) is 36.6 Å². The van der Waals surface area contributed by atoms with Crippen molar-refractivity contribution in [3.05, 3.63) is 81.4 Å². The Morgan fingerprint density at radius 1 is 1.21 bits per heavy atom. The number of rotatable bonds is 7. The summed E-state index contributed by atoms with van der Waals surface area (Å²) in [5.41, 5.74) is 1.68. The van der Waals surface area contributed by atoms with E-state index in [1.807, 2.05) is 6.08 Å². The molecule has 6 nitrogen and oxygen atoms in total. The maximum atomic E-state index is 12.6. The molecule has 174 valence electrons. The largest absolute Gasteiger partial charge is 0.480 e. The van der Waals surface area contributed by atoms with Gasteiger partial charge in [-0.2, -0.15) is 0 Å². The number of hydrogen-bond donors (Lipinski definition) is 3. The maximum absolute atomic E-state index is 12.6. The third kappa shape index (κ3) is 6.28. The molecule has 4 atom stereocenters. The summed E-state index contributed by atoms with van der Waals surface area (Å²) in [5.74, 6) is -2.64. The number of carbonyl (C=O) groups is 3. The fourth-order valence-electron chi connectivity index (χ4n) is 3.58. The van der Waals surface area contributed by atoms with E-state index in [1.165, 1.54) is 0 Å². The van der Waals surface area contributed by atoms with Crippen LogP contribution in [0.15, 0.2) is 65.3 Å². The van der Waals surface area contributed by atoms with Crippen LogP contribution in [0.5, 0.6) is 0 Å². The molecular weight excluding hydrogens is 487 g/mol. The van der Waals surface area contributed by atoms with Crippen molar-refractivity contribution >= 4 is 52.6 Å². The zero-order valence-corrected chi connectivity index (χ0v) is 20.0. The van der Waals surface area contributed by atoms with Crippen molar-refractivity contribution in [2.75, 3.05) is 0 Å². The topological polar surface area (TPSA) is 95.5 Å². The molecule has 0 heterocycles. The van der Waals surface area contributed by atoms with Gasteiger partial charge in [0.1, 0.15) is 6.04 Å². The van der Waals surface area contributed by atoms with Crippen LogP contribution >= 0.6 is 34.8 Å². The molecule has 3 rings (SSSR count). The third-order valence-electron chi connectivity index (χ3n) is 5.43. The summed E-state index contributed by atoms with van der Waals surface area (Å²) >= 11 is 18.5. The second-order valence-corrected chi connectivity index (χ2v) is 9.17. The number of alkyl halides is 1. The van der Waals surface area contributed by atoms with Gasteiger partial charge in [0.05, 0.1) is 27.9 Å². The van der Waals surface area contributed by atoms with Crippen LogP contribution < -0.4 is 10.6 Å². The van der Waals surface area contributed by atoms with E-state index in [2.05, 4.69) is 10.6 Å². The molecule has 9 heteroatoms. The van der Waals surface area contributed by atoms with Gasteiger partial charge >= 0.3 is 5.97 Å². The van der Waals surface area contributed by atoms with Gasteiger partial charge in [-0.25, -0.2) is 4.79 Å². The van der Waals surface area contributed by atoms with Crippen molar-refractivity contribution in [3.63, 3.8) is 0 Å². The van der Waals surface area contributed by atoms with Crippen LogP contribution in [0.4, 0.5) is 0 Å². The van der Waals surface area contributed by atoms with E-state index >= 15 is 0 Å². The van der Waals surface area contributed by atoms with Gasteiger partial charge in [0.2, 0.25) is 5.91 Å². The maximum Gasteiger partial charge on any atom is 0.326 e. The van der Waals surface area contributed by atoms with Crippen molar-refractivity contribution < 1.29 is 19.5 Å². The highest BCUT2D eigenvalue weighted by Crippen LogP contribution is 2.29. The quantitative estimate of drug-likeness (QED) is 0.471. The molecule has 0 aliphatic heterocycles. The lowest BCUT2D eigenvalue weighted by molar-refractivity contribution is -0.139. The Bertz CT molecular complexity index is 1080. The summed E-state index contributed by atoms with van der Waals surface area (Å²) in [5, 5.41) is 15.2. The molecule has 2 amide bonds. The number of halogens is 3. The van der Waals surface area contributed by atoms with Crippen LogP contribution in [0.25, 0.3) is 0 Å². The van der Waals surface area contributed by atoms with Gasteiger partial charge in [-0.3, -0.25) is 9.59 Å². The molecule has 0 bridgehead atoms. The minimum Gasteiger partial charge on any atom is -0.480 e. The number of nitrogens with one attached hydrogen (secondary N) is 2. The average molecular weight is 510 g/mol. The van der Waals surface area contributed by atoms with Gasteiger partial charge in [0.15, 0.2) is 0 Å². The SMILES string of the molecule is Cc1cccc(C(=O)NC(CC2=CCC(NC(=O)C3C(Cl)=CC=CC3Cl)C=C2)C(=O)O)c1Cl. The number of allylic oxidation sites excluding steroid dienone is 4. The first-order chi connectivity index (χ1) is 15.7. The van der Waals surface area contributed by atoms with E-state index < -0.39 is 29.2 Å². The van der Waals surface area contributed by atoms with Crippen molar-refractivity contribution in [1.29, 1.82) is 0 Å².